The first-order valence-corrected chi connectivity index (χ1v) is 7.18. The predicted octanol–water partition coefficient (Wildman–Crippen LogP) is 3.70. The Morgan fingerprint density at radius 3 is 2.32 bits per heavy atom. The Kier molecular flexibility index (Phi) is 6.77. The number of carbonyl (C=O) groups is 1. The van der Waals surface area contributed by atoms with E-state index in [1.165, 1.54) is 12.1 Å². The summed E-state index contributed by atoms with van der Waals surface area (Å²) in [5.74, 6) is -1.60. The summed E-state index contributed by atoms with van der Waals surface area (Å²) in [7, 11) is 0. The summed E-state index contributed by atoms with van der Waals surface area (Å²) in [5, 5.41) is 30.8. The highest BCUT2D eigenvalue weighted by Crippen LogP contribution is 2.29. The van der Waals surface area contributed by atoms with Crippen molar-refractivity contribution in [2.75, 3.05) is 5.32 Å². The van der Waals surface area contributed by atoms with Crippen molar-refractivity contribution in [2.45, 2.75) is 32.5 Å². The Labute approximate surface area is 142 Å². The third-order valence-corrected chi connectivity index (χ3v) is 3.03. The number of hydrogen-bond donors (Lipinski definition) is 3. The number of benzene rings is 1. The van der Waals surface area contributed by atoms with Crippen molar-refractivity contribution in [2.24, 2.45) is 0 Å². The monoisotopic (exact) mass is 354 g/mol. The molecule has 1 amide bonds. The lowest BCUT2D eigenvalue weighted by Crippen LogP contribution is -2.17. The maximum absolute atomic E-state index is 12.5. The maximum atomic E-state index is 12.5. The van der Waals surface area contributed by atoms with E-state index in [1.54, 1.807) is 13.8 Å². The molecule has 0 bridgehead atoms. The molecule has 5 nitrogen and oxygen atoms in total. The van der Waals surface area contributed by atoms with E-state index < -0.39 is 35.1 Å². The van der Waals surface area contributed by atoms with Gasteiger partial charge >= 0.3 is 6.18 Å². The predicted molar refractivity (Wildman–Crippen MR) is 85.4 cm³/mol. The number of amides is 1. The van der Waals surface area contributed by atoms with E-state index in [9.17, 15) is 28.2 Å². The zero-order valence-corrected chi connectivity index (χ0v) is 13.6. The highest BCUT2D eigenvalue weighted by atomic mass is 19.4. The number of halogens is 3. The molecule has 25 heavy (non-hydrogen) atoms. The fourth-order valence-corrected chi connectivity index (χ4v) is 1.93. The largest absolute Gasteiger partial charge is 0.511 e. The molecule has 0 heterocycles. The van der Waals surface area contributed by atoms with Gasteiger partial charge in [-0.15, -0.1) is 0 Å². The van der Waals surface area contributed by atoms with Crippen LogP contribution in [0.4, 0.5) is 18.9 Å². The number of nitrogens with zero attached hydrogens (tertiary/aromatic N) is 1. The van der Waals surface area contributed by atoms with E-state index in [4.69, 9.17) is 5.26 Å². The normalized spacial score (nSPS) is 13.3. The van der Waals surface area contributed by atoms with Crippen molar-refractivity contribution >= 4 is 11.6 Å². The van der Waals surface area contributed by atoms with Gasteiger partial charge in [-0.1, -0.05) is 11.6 Å². The smallest absolute Gasteiger partial charge is 0.416 e. The molecule has 1 aromatic carbocycles. The number of allylic oxidation sites excluding steroid dienone is 1. The topological polar surface area (TPSA) is 93.3 Å². The number of aliphatic hydroxyl groups excluding tert-OH is 2. The van der Waals surface area contributed by atoms with Crippen LogP contribution < -0.4 is 5.32 Å². The van der Waals surface area contributed by atoms with Crippen LogP contribution in [0.25, 0.3) is 0 Å². The number of aliphatic hydroxyl groups is 2. The minimum Gasteiger partial charge on any atom is -0.511 e. The minimum atomic E-state index is -4.50. The third-order valence-electron chi connectivity index (χ3n) is 3.03. The second-order valence-electron chi connectivity index (χ2n) is 5.48. The molecule has 3 N–H and O–H groups in total. The molecule has 8 heteroatoms. The van der Waals surface area contributed by atoms with Crippen LogP contribution in [0.1, 0.15) is 25.8 Å². The van der Waals surface area contributed by atoms with E-state index in [1.807, 2.05) is 0 Å². The number of anilines is 1. The van der Waals surface area contributed by atoms with Crippen LogP contribution in [0.3, 0.4) is 0 Å². The zero-order valence-electron chi connectivity index (χ0n) is 13.6. The van der Waals surface area contributed by atoms with Gasteiger partial charge in [0.25, 0.3) is 5.91 Å². The van der Waals surface area contributed by atoms with E-state index in [-0.39, 0.29) is 12.1 Å². The van der Waals surface area contributed by atoms with Gasteiger partial charge in [-0.2, -0.15) is 18.4 Å². The number of hydrogen-bond acceptors (Lipinski definition) is 4. The number of nitriles is 1. The van der Waals surface area contributed by atoms with Gasteiger partial charge in [0, 0.05) is 12.1 Å². The van der Waals surface area contributed by atoms with Crippen molar-refractivity contribution in [3.63, 3.8) is 0 Å². The van der Waals surface area contributed by atoms with Crippen LogP contribution in [0, 0.1) is 11.3 Å². The minimum absolute atomic E-state index is 0.0309. The average Bonchev–Trinajstić information content (AvgIpc) is 2.46. The number of rotatable bonds is 5. The summed E-state index contributed by atoms with van der Waals surface area (Å²) in [6, 6.07) is 5.15. The van der Waals surface area contributed by atoms with Crippen molar-refractivity contribution in [3.8, 4) is 6.07 Å². The van der Waals surface area contributed by atoms with Crippen molar-refractivity contribution in [3.05, 3.63) is 52.8 Å². The summed E-state index contributed by atoms with van der Waals surface area (Å²) < 4.78 is 37.4. The number of nitrogens with one attached hydrogen (secondary N) is 1. The number of carbonyl (C=O) groups excluding carboxylic acids is 1. The summed E-state index contributed by atoms with van der Waals surface area (Å²) in [6.45, 7) is 3.46. The molecule has 0 fully saturated rings. The molecule has 0 aliphatic carbocycles. The van der Waals surface area contributed by atoms with Crippen LogP contribution in [-0.2, 0) is 11.0 Å². The van der Waals surface area contributed by atoms with Crippen LogP contribution in [-0.4, -0.2) is 22.2 Å². The van der Waals surface area contributed by atoms with E-state index in [0.717, 1.165) is 29.8 Å². The van der Waals surface area contributed by atoms with E-state index >= 15 is 0 Å². The molecule has 0 spiro atoms. The Balaban J connectivity index is 2.91. The molecule has 0 aliphatic rings. The first-order valence-electron chi connectivity index (χ1n) is 7.18. The molecule has 1 atom stereocenters. The van der Waals surface area contributed by atoms with Gasteiger partial charge in [-0.25, -0.2) is 0 Å². The van der Waals surface area contributed by atoms with Gasteiger partial charge < -0.3 is 15.5 Å². The maximum Gasteiger partial charge on any atom is 0.416 e. The van der Waals surface area contributed by atoms with Crippen LogP contribution in [0.5, 0.6) is 0 Å². The third kappa shape index (κ3) is 6.31. The quantitative estimate of drug-likeness (QED) is 0.325. The number of alkyl halides is 3. The molecule has 0 radical (unpaired) electrons. The molecule has 0 saturated heterocycles. The Morgan fingerprint density at radius 2 is 1.88 bits per heavy atom. The summed E-state index contributed by atoms with van der Waals surface area (Å²) >= 11 is 0. The van der Waals surface area contributed by atoms with Crippen LogP contribution >= 0.6 is 0 Å². The van der Waals surface area contributed by atoms with Gasteiger partial charge in [0.2, 0.25) is 0 Å². The molecule has 0 aromatic heterocycles. The standard InChI is InChI=1S/C17H17F3N2O3/c1-10(2)7-13(23)8-15(24)14(9-21)16(25)22-12-5-3-11(4-6-12)17(18,19)20/h3-7,13,23-24H,8H2,1-2H3,(H,22,25)/b15-14-. The molecule has 134 valence electrons. The summed E-state index contributed by atoms with van der Waals surface area (Å²) in [6.07, 6.45) is -4.47. The van der Waals surface area contributed by atoms with Gasteiger partial charge in [0.15, 0.2) is 5.57 Å². The van der Waals surface area contributed by atoms with Gasteiger partial charge in [0.05, 0.1) is 11.7 Å². The molecular formula is C17H17F3N2O3. The second kappa shape index (κ2) is 8.35. The van der Waals surface area contributed by atoms with Gasteiger partial charge in [-0.3, -0.25) is 4.79 Å². The Bertz CT molecular complexity index is 725. The Morgan fingerprint density at radius 1 is 1.32 bits per heavy atom. The Hall–Kier alpha value is -2.79. The fourth-order valence-electron chi connectivity index (χ4n) is 1.93. The molecule has 1 unspecified atom stereocenters. The lowest BCUT2D eigenvalue weighted by atomic mass is 10.1. The van der Waals surface area contributed by atoms with Gasteiger partial charge in [-0.05, 0) is 38.1 Å². The lowest BCUT2D eigenvalue weighted by Gasteiger charge is -2.10. The molecule has 0 saturated carbocycles. The zero-order chi connectivity index (χ0) is 19.2. The molecular weight excluding hydrogens is 337 g/mol. The van der Waals surface area contributed by atoms with Crippen LogP contribution in [0.15, 0.2) is 47.2 Å². The van der Waals surface area contributed by atoms with Crippen molar-refractivity contribution in [1.29, 1.82) is 5.26 Å². The second-order valence-corrected chi connectivity index (χ2v) is 5.48. The first-order chi connectivity index (χ1) is 11.5. The molecule has 1 rings (SSSR count). The van der Waals surface area contributed by atoms with E-state index in [2.05, 4.69) is 5.32 Å². The fraction of sp³-hybridized carbons (Fsp3) is 0.294. The molecule has 0 aliphatic heterocycles. The van der Waals surface area contributed by atoms with Crippen molar-refractivity contribution < 1.29 is 28.2 Å². The summed E-state index contributed by atoms with van der Waals surface area (Å²) in [5.41, 5.74) is -0.688. The first kappa shape index (κ1) is 20.3. The van der Waals surface area contributed by atoms with Crippen molar-refractivity contribution in [1.82, 2.24) is 0 Å². The highest BCUT2D eigenvalue weighted by molar-refractivity contribution is 6.06. The highest BCUT2D eigenvalue weighted by Gasteiger charge is 2.30. The lowest BCUT2D eigenvalue weighted by molar-refractivity contribution is -0.137. The average molecular weight is 354 g/mol. The van der Waals surface area contributed by atoms with Crippen LogP contribution in [0.2, 0.25) is 0 Å². The van der Waals surface area contributed by atoms with E-state index in [0.29, 0.717) is 0 Å². The van der Waals surface area contributed by atoms with Gasteiger partial charge in [0.1, 0.15) is 11.8 Å². The summed E-state index contributed by atoms with van der Waals surface area (Å²) in [4.78, 5) is 12.0. The molecule has 1 aromatic rings. The SMILES string of the molecule is CC(C)=CC(O)C/C(O)=C(\C#N)C(=O)Nc1ccc(C(F)(F)F)cc1.